The molecule has 0 radical (unpaired) electrons. The molecule has 2 fully saturated rings. The molecular weight excluding hydrogens is 621 g/mol. The Labute approximate surface area is 270 Å². The van der Waals surface area contributed by atoms with Gasteiger partial charge in [-0.25, -0.2) is 12.8 Å². The average molecular weight is 654 g/mol. The molecule has 0 amide bonds. The Morgan fingerprint density at radius 1 is 1.06 bits per heavy atom. The standard InChI is InChI=1S/C35H32FN5O5S/c36-26-16-22(3-5-25(26)19-37)20-40-13-9-23-17-24(6-8-28(23)40)32-33(30-18-31(42)39-46-30)27(7-4-21-10-14-45-15-11-21)38-34-29-2-1-12-41(29)47(43,44)35(32)34/h3,5-6,8-9,13,16-18,21,29H,1-2,4,7,10-12,14-15,20H2,(H,39,42)/t29-/m0/s1. The van der Waals surface area contributed by atoms with Gasteiger partial charge >= 0.3 is 0 Å². The molecule has 3 aliphatic heterocycles. The monoisotopic (exact) mass is 653 g/mol. The fraction of sp³-hybridized carbons (Fsp3) is 0.343. The molecule has 0 aliphatic carbocycles. The van der Waals surface area contributed by atoms with Gasteiger partial charge in [0.2, 0.25) is 10.0 Å². The van der Waals surface area contributed by atoms with Gasteiger partial charge in [0.25, 0.3) is 5.56 Å². The van der Waals surface area contributed by atoms with Gasteiger partial charge in [0.1, 0.15) is 16.8 Å². The van der Waals surface area contributed by atoms with Crippen LogP contribution in [0.15, 0.2) is 68.9 Å². The van der Waals surface area contributed by atoms with Gasteiger partial charge < -0.3 is 13.8 Å². The summed E-state index contributed by atoms with van der Waals surface area (Å²) in [5.74, 6) is 0.152. The molecular formula is C35H32FN5O5S. The SMILES string of the molecule is N#Cc1ccc(Cn2ccc3cc(-c4c(-c5cc(=O)[nH]o5)c(CCC5CCOCC5)nc5c4S(=O)(=O)N4CCC[C@@H]54)ccc32)cc1F. The van der Waals surface area contributed by atoms with Crippen molar-refractivity contribution in [3.05, 3.63) is 93.4 Å². The number of hydrogen-bond donors (Lipinski definition) is 1. The topological polar surface area (TPSA) is 134 Å². The predicted molar refractivity (Wildman–Crippen MR) is 171 cm³/mol. The summed E-state index contributed by atoms with van der Waals surface area (Å²) in [6.07, 6.45) is 6.75. The van der Waals surface area contributed by atoms with Gasteiger partial charge in [0.15, 0.2) is 5.76 Å². The van der Waals surface area contributed by atoms with Gasteiger partial charge in [-0.1, -0.05) is 12.1 Å². The fourth-order valence-electron chi connectivity index (χ4n) is 7.49. The zero-order valence-electron chi connectivity index (χ0n) is 25.5. The molecule has 2 aromatic carbocycles. The van der Waals surface area contributed by atoms with Crippen molar-refractivity contribution < 1.29 is 22.1 Å². The first kappa shape index (κ1) is 29.8. The van der Waals surface area contributed by atoms with Crippen LogP contribution in [0.1, 0.15) is 60.7 Å². The highest BCUT2D eigenvalue weighted by Gasteiger charge is 2.49. The summed E-state index contributed by atoms with van der Waals surface area (Å²) in [7, 11) is -3.88. The van der Waals surface area contributed by atoms with Crippen LogP contribution in [0, 0.1) is 23.1 Å². The number of sulfonamides is 1. The number of nitriles is 1. The summed E-state index contributed by atoms with van der Waals surface area (Å²) >= 11 is 0. The van der Waals surface area contributed by atoms with Gasteiger partial charge in [0.05, 0.1) is 34.6 Å². The van der Waals surface area contributed by atoms with Crippen molar-refractivity contribution in [1.82, 2.24) is 19.0 Å². The van der Waals surface area contributed by atoms with E-state index < -0.39 is 21.4 Å². The van der Waals surface area contributed by atoms with E-state index in [1.807, 2.05) is 41.1 Å². The van der Waals surface area contributed by atoms with Crippen molar-refractivity contribution in [3.63, 3.8) is 0 Å². The molecule has 1 N–H and O–H groups in total. The number of aromatic amines is 1. The number of ether oxygens (including phenoxy) is 1. The Balaban J connectivity index is 1.29. The van der Waals surface area contributed by atoms with Crippen LogP contribution >= 0.6 is 0 Å². The lowest BCUT2D eigenvalue weighted by Gasteiger charge is -2.23. The quantitative estimate of drug-likeness (QED) is 0.231. The lowest BCUT2D eigenvalue weighted by atomic mass is 9.89. The van der Waals surface area contributed by atoms with Crippen LogP contribution < -0.4 is 5.56 Å². The minimum Gasteiger partial charge on any atom is -0.381 e. The van der Waals surface area contributed by atoms with Crippen molar-refractivity contribution >= 4 is 20.9 Å². The normalized spacial score (nSPS) is 19.2. The molecule has 3 aliphatic rings. The second-order valence-electron chi connectivity index (χ2n) is 12.6. The lowest BCUT2D eigenvalue weighted by Crippen LogP contribution is -2.23. The van der Waals surface area contributed by atoms with Gasteiger partial charge in [-0.3, -0.25) is 9.78 Å². The van der Waals surface area contributed by atoms with E-state index in [4.69, 9.17) is 19.5 Å². The van der Waals surface area contributed by atoms with Crippen LogP contribution in [0.25, 0.3) is 33.4 Å². The van der Waals surface area contributed by atoms with Crippen LogP contribution in [0.5, 0.6) is 0 Å². The zero-order chi connectivity index (χ0) is 32.3. The van der Waals surface area contributed by atoms with Crippen LogP contribution in [-0.4, -0.2) is 47.2 Å². The molecule has 3 aromatic heterocycles. The van der Waals surface area contributed by atoms with Crippen LogP contribution in [0.2, 0.25) is 0 Å². The van der Waals surface area contributed by atoms with Crippen molar-refractivity contribution in [3.8, 4) is 28.5 Å². The van der Waals surface area contributed by atoms with Crippen molar-refractivity contribution in [2.45, 2.75) is 56.0 Å². The third kappa shape index (κ3) is 5.10. The molecule has 12 heteroatoms. The smallest absolute Gasteiger partial charge is 0.280 e. The highest BCUT2D eigenvalue weighted by atomic mass is 32.2. The van der Waals surface area contributed by atoms with E-state index in [0.29, 0.717) is 59.8 Å². The molecule has 0 unspecified atom stereocenters. The molecule has 0 spiro atoms. The number of halogens is 1. The number of fused-ring (bicyclic) bond motifs is 4. The molecule has 240 valence electrons. The number of nitrogens with one attached hydrogen (secondary N) is 1. The van der Waals surface area contributed by atoms with Crippen LogP contribution in [-0.2, 0) is 27.7 Å². The van der Waals surface area contributed by atoms with Crippen molar-refractivity contribution in [2.24, 2.45) is 5.92 Å². The summed E-state index contributed by atoms with van der Waals surface area (Å²) in [6, 6.07) is 15.2. The number of nitrogens with zero attached hydrogens (tertiary/aromatic N) is 4. The first-order chi connectivity index (χ1) is 22.8. The number of rotatable bonds is 7. The number of benzene rings is 2. The predicted octanol–water partition coefficient (Wildman–Crippen LogP) is 5.91. The molecule has 8 rings (SSSR count). The number of aromatic nitrogens is 3. The van der Waals surface area contributed by atoms with Gasteiger partial charge in [-0.15, -0.1) is 0 Å². The van der Waals surface area contributed by atoms with Crippen molar-refractivity contribution in [2.75, 3.05) is 19.8 Å². The van der Waals surface area contributed by atoms with E-state index in [2.05, 4.69) is 5.16 Å². The summed E-state index contributed by atoms with van der Waals surface area (Å²) < 4.78 is 57.6. The van der Waals surface area contributed by atoms with Crippen LogP contribution in [0.4, 0.5) is 4.39 Å². The molecule has 47 heavy (non-hydrogen) atoms. The Morgan fingerprint density at radius 2 is 1.91 bits per heavy atom. The average Bonchev–Trinajstić information content (AvgIpc) is 3.86. The molecule has 0 bridgehead atoms. The molecule has 5 aromatic rings. The van der Waals surface area contributed by atoms with E-state index in [-0.39, 0.29) is 22.3 Å². The summed E-state index contributed by atoms with van der Waals surface area (Å²) in [4.78, 5) is 17.7. The van der Waals surface area contributed by atoms with E-state index in [9.17, 15) is 17.6 Å². The Hall–Kier alpha value is -4.57. The summed E-state index contributed by atoms with van der Waals surface area (Å²) in [5, 5.41) is 12.4. The maximum atomic E-state index is 14.3. The first-order valence-electron chi connectivity index (χ1n) is 15.9. The molecule has 1 atom stereocenters. The van der Waals surface area contributed by atoms with Gasteiger partial charge in [-0.05, 0) is 85.9 Å². The lowest BCUT2D eigenvalue weighted by molar-refractivity contribution is 0.0639. The number of hydrogen-bond acceptors (Lipinski definition) is 7. The summed E-state index contributed by atoms with van der Waals surface area (Å²) in [5.41, 5.74) is 4.15. The highest BCUT2D eigenvalue weighted by molar-refractivity contribution is 7.89. The highest BCUT2D eigenvalue weighted by Crippen LogP contribution is 2.52. The van der Waals surface area contributed by atoms with Gasteiger partial charge in [0, 0.05) is 49.0 Å². The van der Waals surface area contributed by atoms with Crippen molar-refractivity contribution in [1.29, 1.82) is 5.26 Å². The third-order valence-electron chi connectivity index (χ3n) is 9.81. The molecule has 2 saturated heterocycles. The molecule has 0 saturated carbocycles. The van der Waals surface area contributed by atoms with E-state index >= 15 is 0 Å². The first-order valence-corrected chi connectivity index (χ1v) is 17.4. The minimum absolute atomic E-state index is 0.00255. The largest absolute Gasteiger partial charge is 0.381 e. The third-order valence-corrected chi connectivity index (χ3v) is 11.8. The minimum atomic E-state index is -3.88. The molecule has 6 heterocycles. The fourth-order valence-corrected chi connectivity index (χ4v) is 9.55. The van der Waals surface area contributed by atoms with Gasteiger partial charge in [-0.2, -0.15) is 14.7 Å². The maximum absolute atomic E-state index is 14.3. The summed E-state index contributed by atoms with van der Waals surface area (Å²) in [6.45, 7) is 2.27. The zero-order valence-corrected chi connectivity index (χ0v) is 26.4. The maximum Gasteiger partial charge on any atom is 0.280 e. The second kappa shape index (κ2) is 11.6. The number of pyridine rings is 1. The number of aryl methyl sites for hydroxylation is 1. The van der Waals surface area contributed by atoms with E-state index in [1.165, 1.54) is 18.2 Å². The van der Waals surface area contributed by atoms with Crippen LogP contribution in [0.3, 0.4) is 0 Å². The van der Waals surface area contributed by atoms with E-state index in [0.717, 1.165) is 55.5 Å². The Bertz CT molecular complexity index is 2240. The Kier molecular flexibility index (Phi) is 7.35. The number of H-pyrrole nitrogens is 1. The van der Waals surface area contributed by atoms with E-state index in [1.54, 1.807) is 10.4 Å². The second-order valence-corrected chi connectivity index (χ2v) is 14.4. The molecule has 10 nitrogen and oxygen atoms in total. The Morgan fingerprint density at radius 3 is 2.68 bits per heavy atom.